The van der Waals surface area contributed by atoms with E-state index in [1.165, 1.54) is 12.0 Å². The minimum Gasteiger partial charge on any atom is -0.372 e. The molecule has 39 heavy (non-hydrogen) atoms. The highest BCUT2D eigenvalue weighted by atomic mass is 32.2. The quantitative estimate of drug-likeness (QED) is 0.332. The van der Waals surface area contributed by atoms with Crippen LogP contribution in [0.5, 0.6) is 0 Å². The summed E-state index contributed by atoms with van der Waals surface area (Å²) in [7, 11) is -1.11. The Labute approximate surface area is 229 Å². The second-order valence-corrected chi connectivity index (χ2v) is 12.1. The van der Waals surface area contributed by atoms with Crippen LogP contribution in [-0.4, -0.2) is 52.8 Å². The molecule has 0 amide bonds. The minimum atomic E-state index is -1.11. The van der Waals surface area contributed by atoms with E-state index in [9.17, 15) is 9.00 Å². The van der Waals surface area contributed by atoms with E-state index in [1.54, 1.807) is 6.07 Å². The van der Waals surface area contributed by atoms with Crippen molar-refractivity contribution in [2.24, 2.45) is 5.92 Å². The molecule has 2 aliphatic rings. The SMILES string of the molecule is Cc1cc(=O)n(C2CCCC2)c2nc(Nc3ccc(N4CCC(CCS(=O)c5ncn[nH]5)CC4)cc3)ncc12. The molecule has 6 rings (SSSR count). The lowest BCUT2D eigenvalue weighted by Gasteiger charge is -2.33. The lowest BCUT2D eigenvalue weighted by atomic mass is 9.94. The molecule has 4 heterocycles. The number of pyridine rings is 1. The van der Waals surface area contributed by atoms with E-state index >= 15 is 0 Å². The molecule has 0 bridgehead atoms. The molecular weight excluding hydrogens is 512 g/mol. The van der Waals surface area contributed by atoms with Crippen molar-refractivity contribution >= 4 is 39.2 Å². The van der Waals surface area contributed by atoms with Gasteiger partial charge in [-0.1, -0.05) is 12.8 Å². The van der Waals surface area contributed by atoms with Gasteiger partial charge in [0.2, 0.25) is 11.1 Å². The molecule has 1 unspecified atom stereocenters. The standard InChI is InChI=1S/C28H34N8O2S/c1-19-16-25(37)36(23-4-2-3-5-23)26-24(19)17-29-27(33-26)32-21-6-8-22(9-7-21)35-13-10-20(11-14-35)12-15-39(38)28-30-18-31-34-28/h6-9,16-18,20,23H,2-5,10-15H2,1H3,(H,29,32,33)(H,30,31,34). The average molecular weight is 547 g/mol. The predicted molar refractivity (Wildman–Crippen MR) is 153 cm³/mol. The van der Waals surface area contributed by atoms with Gasteiger partial charge in [0.05, 0.1) is 10.8 Å². The van der Waals surface area contributed by atoms with Crippen LogP contribution in [0.4, 0.5) is 17.3 Å². The van der Waals surface area contributed by atoms with Gasteiger partial charge in [0, 0.05) is 53.9 Å². The fourth-order valence-corrected chi connectivity index (χ4v) is 6.95. The molecule has 1 saturated carbocycles. The molecule has 1 aliphatic heterocycles. The van der Waals surface area contributed by atoms with Gasteiger partial charge in [0.25, 0.3) is 5.56 Å². The van der Waals surface area contributed by atoms with Gasteiger partial charge >= 0.3 is 0 Å². The Morgan fingerprint density at radius 2 is 1.85 bits per heavy atom. The van der Waals surface area contributed by atoms with Gasteiger partial charge in [-0.2, -0.15) is 10.1 Å². The third kappa shape index (κ3) is 5.59. The van der Waals surface area contributed by atoms with Gasteiger partial charge in [0.1, 0.15) is 12.0 Å². The monoisotopic (exact) mass is 546 g/mol. The van der Waals surface area contributed by atoms with E-state index in [2.05, 4.69) is 54.6 Å². The Bertz CT molecular complexity index is 1510. The predicted octanol–water partition coefficient (Wildman–Crippen LogP) is 4.49. The van der Waals surface area contributed by atoms with Crippen molar-refractivity contribution in [1.29, 1.82) is 0 Å². The molecule has 1 saturated heterocycles. The van der Waals surface area contributed by atoms with Crippen LogP contribution < -0.4 is 15.8 Å². The fraction of sp³-hybridized carbons (Fsp3) is 0.464. The van der Waals surface area contributed by atoms with Crippen molar-refractivity contribution in [3.8, 4) is 0 Å². The van der Waals surface area contributed by atoms with Crippen LogP contribution in [0.3, 0.4) is 0 Å². The number of nitrogens with one attached hydrogen (secondary N) is 2. The van der Waals surface area contributed by atoms with Crippen molar-refractivity contribution in [3.05, 3.63) is 58.8 Å². The summed E-state index contributed by atoms with van der Waals surface area (Å²) in [6.07, 6.45) is 10.7. The highest BCUT2D eigenvalue weighted by Gasteiger charge is 2.23. The molecule has 4 aromatic rings. The van der Waals surface area contributed by atoms with Crippen molar-refractivity contribution < 1.29 is 4.21 Å². The normalized spacial score (nSPS) is 17.6. The van der Waals surface area contributed by atoms with Crippen LogP contribution in [0.1, 0.15) is 56.6 Å². The number of aromatic amines is 1. The Balaban J connectivity index is 1.09. The molecule has 1 aromatic carbocycles. The molecule has 11 heteroatoms. The molecule has 0 radical (unpaired) electrons. The summed E-state index contributed by atoms with van der Waals surface area (Å²) in [5.74, 6) is 1.69. The molecule has 3 aromatic heterocycles. The molecule has 1 atom stereocenters. The van der Waals surface area contributed by atoms with Crippen LogP contribution in [0.25, 0.3) is 11.0 Å². The first-order valence-electron chi connectivity index (χ1n) is 13.8. The number of H-pyrrole nitrogens is 1. The summed E-state index contributed by atoms with van der Waals surface area (Å²) in [5, 5.41) is 11.2. The number of piperidine rings is 1. The molecule has 0 spiro atoms. The van der Waals surface area contributed by atoms with Crippen LogP contribution in [0, 0.1) is 12.8 Å². The van der Waals surface area contributed by atoms with Crippen LogP contribution in [-0.2, 0) is 10.8 Å². The molecule has 2 N–H and O–H groups in total. The van der Waals surface area contributed by atoms with Gasteiger partial charge < -0.3 is 10.2 Å². The van der Waals surface area contributed by atoms with E-state index in [1.807, 2.05) is 17.7 Å². The second kappa shape index (κ2) is 11.3. The van der Waals surface area contributed by atoms with Crippen molar-refractivity contribution in [3.63, 3.8) is 0 Å². The summed E-state index contributed by atoms with van der Waals surface area (Å²) in [6.45, 7) is 3.91. The average Bonchev–Trinajstić information content (AvgIpc) is 3.68. The molecule has 204 valence electrons. The first-order chi connectivity index (χ1) is 19.0. The largest absolute Gasteiger partial charge is 0.372 e. The first-order valence-corrected chi connectivity index (χ1v) is 15.1. The maximum absolute atomic E-state index is 12.9. The van der Waals surface area contributed by atoms with Gasteiger partial charge in [-0.25, -0.2) is 9.97 Å². The second-order valence-electron chi connectivity index (χ2n) is 10.6. The topological polar surface area (TPSA) is 122 Å². The van der Waals surface area contributed by atoms with Gasteiger partial charge in [0.15, 0.2) is 0 Å². The van der Waals surface area contributed by atoms with E-state index in [4.69, 9.17) is 4.98 Å². The van der Waals surface area contributed by atoms with Gasteiger partial charge in [-0.3, -0.25) is 18.7 Å². The van der Waals surface area contributed by atoms with Gasteiger partial charge in [-0.15, -0.1) is 0 Å². The summed E-state index contributed by atoms with van der Waals surface area (Å²) >= 11 is 0. The number of hydrogen-bond donors (Lipinski definition) is 2. The lowest BCUT2D eigenvalue weighted by Crippen LogP contribution is -2.34. The number of anilines is 3. The number of fused-ring (bicyclic) bond motifs is 1. The Kier molecular flexibility index (Phi) is 7.40. The lowest BCUT2D eigenvalue weighted by molar-refractivity contribution is 0.396. The number of aryl methyl sites for hydroxylation is 1. The van der Waals surface area contributed by atoms with Crippen LogP contribution in [0.15, 0.2) is 52.8 Å². The zero-order valence-corrected chi connectivity index (χ0v) is 23.0. The molecule has 10 nitrogen and oxygen atoms in total. The van der Waals surface area contributed by atoms with Gasteiger partial charge in [-0.05, 0) is 74.8 Å². The first kappa shape index (κ1) is 25.7. The molecule has 2 fully saturated rings. The van der Waals surface area contributed by atoms with Crippen molar-refractivity contribution in [2.45, 2.75) is 63.1 Å². The third-order valence-corrected chi connectivity index (χ3v) is 9.35. The zero-order valence-electron chi connectivity index (χ0n) is 22.2. The summed E-state index contributed by atoms with van der Waals surface area (Å²) in [5.41, 5.74) is 3.74. The number of aromatic nitrogens is 6. The molecular formula is C28H34N8O2S. The van der Waals surface area contributed by atoms with Crippen LogP contribution >= 0.6 is 0 Å². The minimum absolute atomic E-state index is 0.0211. The van der Waals surface area contributed by atoms with Crippen molar-refractivity contribution in [1.82, 2.24) is 29.7 Å². The van der Waals surface area contributed by atoms with E-state index in [0.29, 0.717) is 28.4 Å². The number of rotatable bonds is 8. The van der Waals surface area contributed by atoms with Crippen molar-refractivity contribution in [2.75, 3.05) is 29.1 Å². The maximum Gasteiger partial charge on any atom is 0.252 e. The Hall–Kier alpha value is -3.60. The Morgan fingerprint density at radius 1 is 1.08 bits per heavy atom. The van der Waals surface area contributed by atoms with Crippen LogP contribution in [0.2, 0.25) is 0 Å². The summed E-state index contributed by atoms with van der Waals surface area (Å²) in [4.78, 5) is 28.7. The maximum atomic E-state index is 12.9. The smallest absolute Gasteiger partial charge is 0.252 e. The summed E-state index contributed by atoms with van der Waals surface area (Å²) < 4.78 is 14.2. The Morgan fingerprint density at radius 3 is 2.56 bits per heavy atom. The fourth-order valence-electron chi connectivity index (χ4n) is 5.89. The number of benzene rings is 1. The molecule has 1 aliphatic carbocycles. The highest BCUT2D eigenvalue weighted by molar-refractivity contribution is 7.84. The van der Waals surface area contributed by atoms with E-state index < -0.39 is 10.8 Å². The third-order valence-electron chi connectivity index (χ3n) is 8.11. The zero-order chi connectivity index (χ0) is 26.8. The number of hydrogen-bond acceptors (Lipinski definition) is 8. The van der Waals surface area contributed by atoms with E-state index in [-0.39, 0.29) is 11.6 Å². The summed E-state index contributed by atoms with van der Waals surface area (Å²) in [6, 6.07) is 10.3. The van der Waals surface area contributed by atoms with E-state index in [0.717, 1.165) is 74.7 Å². The highest BCUT2D eigenvalue weighted by Crippen LogP contribution is 2.31. The number of nitrogens with zero attached hydrogens (tertiary/aromatic N) is 6.